The molecule has 0 saturated carbocycles. The van der Waals surface area contributed by atoms with Gasteiger partial charge in [0.1, 0.15) is 5.75 Å². The largest absolute Gasteiger partial charge is 0.494 e. The fraction of sp³-hybridized carbons (Fsp3) is 0.588. The van der Waals surface area contributed by atoms with Crippen LogP contribution >= 0.6 is 0 Å². The molecule has 0 fully saturated rings. The maximum Gasteiger partial charge on any atom is 0.306 e. The van der Waals surface area contributed by atoms with E-state index in [1.807, 2.05) is 31.2 Å². The van der Waals surface area contributed by atoms with Gasteiger partial charge in [0.25, 0.3) is 0 Å². The number of hydrogen-bond acceptors (Lipinski definition) is 2. The third kappa shape index (κ3) is 4.87. The van der Waals surface area contributed by atoms with Crippen molar-refractivity contribution in [1.82, 2.24) is 0 Å². The van der Waals surface area contributed by atoms with Gasteiger partial charge in [-0.25, -0.2) is 0 Å². The van der Waals surface area contributed by atoms with Crippen molar-refractivity contribution in [2.45, 2.75) is 52.4 Å². The molecule has 0 aliphatic rings. The lowest BCUT2D eigenvalue weighted by atomic mass is 9.85. The summed E-state index contributed by atoms with van der Waals surface area (Å²) < 4.78 is 5.74. The van der Waals surface area contributed by atoms with Gasteiger partial charge in [-0.15, -0.1) is 0 Å². The number of carbonyl (C=O) groups is 1. The minimum absolute atomic E-state index is 0.0340. The van der Waals surface area contributed by atoms with E-state index in [0.29, 0.717) is 0 Å². The van der Waals surface area contributed by atoms with Crippen molar-refractivity contribution in [3.8, 4) is 5.75 Å². The van der Waals surface area contributed by atoms with Crippen molar-refractivity contribution in [3.05, 3.63) is 29.8 Å². The van der Waals surface area contributed by atoms with Gasteiger partial charge in [0, 0.05) is 0 Å². The Hall–Kier alpha value is -1.51. The first-order chi connectivity index (χ1) is 9.60. The van der Waals surface area contributed by atoms with Crippen molar-refractivity contribution >= 4 is 5.97 Å². The van der Waals surface area contributed by atoms with E-state index in [2.05, 4.69) is 6.92 Å². The summed E-state index contributed by atoms with van der Waals surface area (Å²) in [6.45, 7) is 6.69. The van der Waals surface area contributed by atoms with Crippen LogP contribution in [0.3, 0.4) is 0 Å². The minimum Gasteiger partial charge on any atom is -0.494 e. The monoisotopic (exact) mass is 278 g/mol. The van der Waals surface area contributed by atoms with Crippen LogP contribution in [-0.2, 0) is 4.79 Å². The molecule has 0 saturated heterocycles. The molecule has 1 aromatic carbocycles. The van der Waals surface area contributed by atoms with E-state index in [0.717, 1.165) is 30.8 Å². The average molecular weight is 278 g/mol. The second kappa shape index (κ2) is 8.62. The predicted octanol–water partition coefficient (Wildman–Crippen LogP) is 4.47. The molecule has 0 heterocycles. The zero-order valence-corrected chi connectivity index (χ0v) is 12.8. The van der Waals surface area contributed by atoms with E-state index in [-0.39, 0.29) is 11.8 Å². The number of ether oxygens (including phenoxy) is 1. The molecule has 1 aromatic rings. The summed E-state index contributed by atoms with van der Waals surface area (Å²) in [5.74, 6) is -0.247. The molecule has 1 rings (SSSR count). The van der Waals surface area contributed by atoms with E-state index in [1.165, 1.54) is 12.8 Å². The van der Waals surface area contributed by atoms with E-state index in [4.69, 9.17) is 4.74 Å². The molecule has 2 atom stereocenters. The molecular formula is C17H26O3. The van der Waals surface area contributed by atoms with E-state index >= 15 is 0 Å². The number of rotatable bonds is 9. The smallest absolute Gasteiger partial charge is 0.306 e. The van der Waals surface area contributed by atoms with Crippen molar-refractivity contribution in [3.63, 3.8) is 0 Å². The molecular weight excluding hydrogens is 252 g/mol. The molecule has 20 heavy (non-hydrogen) atoms. The molecule has 0 aliphatic heterocycles. The van der Waals surface area contributed by atoms with Gasteiger partial charge in [0.2, 0.25) is 0 Å². The minimum atomic E-state index is -0.744. The number of aliphatic carboxylic acids is 1. The van der Waals surface area contributed by atoms with Crippen LogP contribution in [0.2, 0.25) is 0 Å². The first-order valence-electron chi connectivity index (χ1n) is 7.55. The highest BCUT2D eigenvalue weighted by atomic mass is 16.5. The van der Waals surface area contributed by atoms with E-state index in [9.17, 15) is 9.90 Å². The SMILES string of the molecule is CCCCCOc1cccc([C@H](CC)[C@H](C)C(=O)O)c1. The van der Waals surface area contributed by atoms with Gasteiger partial charge in [-0.1, -0.05) is 45.7 Å². The Labute approximate surface area is 122 Å². The maximum absolute atomic E-state index is 11.2. The number of unbranched alkanes of at least 4 members (excludes halogenated alkanes) is 2. The Balaban J connectivity index is 2.72. The van der Waals surface area contributed by atoms with Gasteiger partial charge < -0.3 is 9.84 Å². The highest BCUT2D eigenvalue weighted by molar-refractivity contribution is 5.71. The van der Waals surface area contributed by atoms with Crippen molar-refractivity contribution in [2.24, 2.45) is 5.92 Å². The summed E-state index contributed by atoms with van der Waals surface area (Å²) in [5, 5.41) is 9.18. The predicted molar refractivity (Wildman–Crippen MR) is 81.3 cm³/mol. The highest BCUT2D eigenvalue weighted by Crippen LogP contribution is 2.30. The molecule has 3 heteroatoms. The second-order valence-corrected chi connectivity index (χ2v) is 5.27. The average Bonchev–Trinajstić information content (AvgIpc) is 2.45. The first-order valence-corrected chi connectivity index (χ1v) is 7.55. The molecule has 0 radical (unpaired) electrons. The normalized spacial score (nSPS) is 13.8. The lowest BCUT2D eigenvalue weighted by Gasteiger charge is -2.20. The Morgan fingerprint density at radius 1 is 1.30 bits per heavy atom. The quantitative estimate of drug-likeness (QED) is 0.678. The molecule has 0 spiro atoms. The van der Waals surface area contributed by atoms with E-state index < -0.39 is 5.97 Å². The van der Waals surface area contributed by atoms with Gasteiger partial charge in [-0.3, -0.25) is 4.79 Å². The van der Waals surface area contributed by atoms with Crippen LogP contribution in [0.1, 0.15) is 57.9 Å². The zero-order valence-electron chi connectivity index (χ0n) is 12.8. The van der Waals surface area contributed by atoms with Crippen LogP contribution in [0.15, 0.2) is 24.3 Å². The van der Waals surface area contributed by atoms with Gasteiger partial charge in [0.05, 0.1) is 12.5 Å². The standard InChI is InChI=1S/C17H26O3/c1-4-6-7-11-20-15-10-8-9-14(12-15)16(5-2)13(3)17(18)19/h8-10,12-13,16H,4-7,11H2,1-3H3,(H,18,19)/t13-,16+/m0/s1. The highest BCUT2D eigenvalue weighted by Gasteiger charge is 2.23. The molecule has 0 unspecified atom stereocenters. The maximum atomic E-state index is 11.2. The van der Waals surface area contributed by atoms with E-state index in [1.54, 1.807) is 6.92 Å². The van der Waals surface area contributed by atoms with Crippen LogP contribution < -0.4 is 4.74 Å². The van der Waals surface area contributed by atoms with Gasteiger partial charge >= 0.3 is 5.97 Å². The number of hydrogen-bond donors (Lipinski definition) is 1. The Morgan fingerprint density at radius 3 is 2.65 bits per heavy atom. The first kappa shape index (κ1) is 16.5. The topological polar surface area (TPSA) is 46.5 Å². The van der Waals surface area contributed by atoms with Gasteiger partial charge in [0.15, 0.2) is 0 Å². The summed E-state index contributed by atoms with van der Waals surface area (Å²) in [4.78, 5) is 11.2. The Kier molecular flexibility index (Phi) is 7.13. The molecule has 0 aliphatic carbocycles. The van der Waals surface area contributed by atoms with Gasteiger partial charge in [-0.05, 0) is 36.5 Å². The van der Waals surface area contributed by atoms with Crippen LogP contribution in [-0.4, -0.2) is 17.7 Å². The lowest BCUT2D eigenvalue weighted by Crippen LogP contribution is -2.18. The Bertz CT molecular complexity index is 414. The van der Waals surface area contributed by atoms with Crippen molar-refractivity contribution in [2.75, 3.05) is 6.61 Å². The summed E-state index contributed by atoms with van der Waals surface area (Å²) in [7, 11) is 0. The third-order valence-corrected chi connectivity index (χ3v) is 3.74. The molecule has 0 amide bonds. The molecule has 1 N–H and O–H groups in total. The van der Waals surface area contributed by atoms with Crippen LogP contribution in [0, 0.1) is 5.92 Å². The van der Waals surface area contributed by atoms with Crippen LogP contribution in [0.4, 0.5) is 0 Å². The fourth-order valence-corrected chi connectivity index (χ4v) is 2.43. The summed E-state index contributed by atoms with van der Waals surface area (Å²) in [5.41, 5.74) is 1.05. The zero-order chi connectivity index (χ0) is 15.0. The van der Waals surface area contributed by atoms with Crippen LogP contribution in [0.5, 0.6) is 5.75 Å². The number of benzene rings is 1. The lowest BCUT2D eigenvalue weighted by molar-refractivity contribution is -0.141. The van der Waals surface area contributed by atoms with Crippen LogP contribution in [0.25, 0.3) is 0 Å². The number of carboxylic acid groups (broad SMARTS) is 1. The third-order valence-electron chi connectivity index (χ3n) is 3.74. The number of carboxylic acids is 1. The summed E-state index contributed by atoms with van der Waals surface area (Å²) in [6, 6.07) is 7.86. The summed E-state index contributed by atoms with van der Waals surface area (Å²) in [6.07, 6.45) is 4.22. The molecule has 3 nitrogen and oxygen atoms in total. The van der Waals surface area contributed by atoms with Crippen molar-refractivity contribution in [1.29, 1.82) is 0 Å². The second-order valence-electron chi connectivity index (χ2n) is 5.27. The molecule has 0 bridgehead atoms. The van der Waals surface area contributed by atoms with Gasteiger partial charge in [-0.2, -0.15) is 0 Å². The molecule has 112 valence electrons. The Morgan fingerprint density at radius 2 is 2.05 bits per heavy atom. The fourth-order valence-electron chi connectivity index (χ4n) is 2.43. The molecule has 0 aromatic heterocycles. The van der Waals surface area contributed by atoms with Crippen molar-refractivity contribution < 1.29 is 14.6 Å². The summed E-state index contributed by atoms with van der Waals surface area (Å²) >= 11 is 0.